The van der Waals surface area contributed by atoms with Crippen molar-refractivity contribution in [2.45, 2.75) is 19.5 Å². The number of hydrogen-bond acceptors (Lipinski definition) is 6. The minimum absolute atomic E-state index is 0.351. The molecule has 5 nitrogen and oxygen atoms in total. The van der Waals surface area contributed by atoms with Gasteiger partial charge >= 0.3 is 0 Å². The third-order valence-electron chi connectivity index (χ3n) is 2.96. The molecule has 1 aliphatic rings. The number of hydrogen-bond donors (Lipinski definition) is 3. The van der Waals surface area contributed by atoms with Crippen molar-refractivity contribution in [2.24, 2.45) is 0 Å². The number of aromatic nitrogens is 2. The van der Waals surface area contributed by atoms with Crippen molar-refractivity contribution in [3.63, 3.8) is 0 Å². The number of nitrogens with one attached hydrogen (secondary N) is 2. The van der Waals surface area contributed by atoms with E-state index in [1.165, 1.54) is 4.88 Å². The number of fused-ring (bicyclic) bond motifs is 1. The molecule has 1 aliphatic heterocycles. The van der Waals surface area contributed by atoms with Crippen LogP contribution in [0.5, 0.6) is 0 Å². The standard InChI is InChI=1S/C12H15N5S/c13-12-16-10-3-4-14-7-9(10)11(17-12)15-6-8-2-1-5-18-8/h1-2,5,14H,3-4,6-7H2,(H3,13,15,16,17). The Labute approximate surface area is 109 Å². The Bertz CT molecular complexity index is 538. The highest BCUT2D eigenvalue weighted by Crippen LogP contribution is 2.21. The van der Waals surface area contributed by atoms with Gasteiger partial charge in [-0.2, -0.15) is 4.98 Å². The van der Waals surface area contributed by atoms with Gasteiger partial charge in [-0.15, -0.1) is 11.3 Å². The van der Waals surface area contributed by atoms with Crippen molar-refractivity contribution in [3.8, 4) is 0 Å². The van der Waals surface area contributed by atoms with Gasteiger partial charge in [0.05, 0.1) is 12.2 Å². The molecule has 2 aromatic heterocycles. The van der Waals surface area contributed by atoms with E-state index in [0.717, 1.165) is 43.1 Å². The molecule has 0 radical (unpaired) electrons. The average molecular weight is 261 g/mol. The van der Waals surface area contributed by atoms with Crippen molar-refractivity contribution >= 4 is 23.1 Å². The second-order valence-corrected chi connectivity index (χ2v) is 5.25. The lowest BCUT2D eigenvalue weighted by atomic mass is 10.1. The van der Waals surface area contributed by atoms with Gasteiger partial charge in [-0.25, -0.2) is 4.98 Å². The van der Waals surface area contributed by atoms with Crippen molar-refractivity contribution < 1.29 is 0 Å². The Balaban J connectivity index is 1.84. The second-order valence-electron chi connectivity index (χ2n) is 4.22. The van der Waals surface area contributed by atoms with Crippen LogP contribution < -0.4 is 16.4 Å². The maximum atomic E-state index is 5.75. The zero-order valence-electron chi connectivity index (χ0n) is 9.94. The van der Waals surface area contributed by atoms with Crippen LogP contribution in [0.1, 0.15) is 16.1 Å². The molecule has 0 unspecified atom stereocenters. The van der Waals surface area contributed by atoms with Crippen LogP contribution in [0.15, 0.2) is 17.5 Å². The van der Waals surface area contributed by atoms with E-state index < -0.39 is 0 Å². The molecule has 6 heteroatoms. The zero-order chi connectivity index (χ0) is 12.4. The van der Waals surface area contributed by atoms with Crippen LogP contribution >= 0.6 is 11.3 Å². The highest BCUT2D eigenvalue weighted by Gasteiger charge is 2.16. The molecule has 0 saturated heterocycles. The first kappa shape index (κ1) is 11.4. The van der Waals surface area contributed by atoms with E-state index in [-0.39, 0.29) is 0 Å². The van der Waals surface area contributed by atoms with E-state index >= 15 is 0 Å². The van der Waals surface area contributed by atoms with Gasteiger partial charge in [-0.1, -0.05) is 6.07 Å². The number of nitrogens with zero attached hydrogens (tertiary/aromatic N) is 2. The third-order valence-corrected chi connectivity index (χ3v) is 3.84. The Morgan fingerprint density at radius 1 is 1.44 bits per heavy atom. The summed E-state index contributed by atoms with van der Waals surface area (Å²) in [6, 6.07) is 4.15. The molecule has 2 aromatic rings. The van der Waals surface area contributed by atoms with E-state index in [2.05, 4.69) is 32.0 Å². The van der Waals surface area contributed by atoms with Gasteiger partial charge < -0.3 is 16.4 Å². The van der Waals surface area contributed by atoms with E-state index in [4.69, 9.17) is 5.73 Å². The number of anilines is 2. The lowest BCUT2D eigenvalue weighted by Gasteiger charge is -2.19. The first-order valence-corrected chi connectivity index (χ1v) is 6.83. The lowest BCUT2D eigenvalue weighted by Crippen LogP contribution is -2.26. The molecule has 0 bridgehead atoms. The molecule has 0 atom stereocenters. The van der Waals surface area contributed by atoms with Gasteiger partial charge in [-0.3, -0.25) is 0 Å². The topological polar surface area (TPSA) is 75.9 Å². The monoisotopic (exact) mass is 261 g/mol. The molecule has 18 heavy (non-hydrogen) atoms. The smallest absolute Gasteiger partial charge is 0.222 e. The molecule has 0 fully saturated rings. The summed E-state index contributed by atoms with van der Waals surface area (Å²) in [5.74, 6) is 1.21. The van der Waals surface area contributed by atoms with Gasteiger partial charge in [0.2, 0.25) is 5.95 Å². The number of nitrogens with two attached hydrogens (primary N) is 1. The van der Waals surface area contributed by atoms with Crippen LogP contribution in [0.2, 0.25) is 0 Å². The fourth-order valence-electron chi connectivity index (χ4n) is 2.09. The van der Waals surface area contributed by atoms with Gasteiger partial charge in [0.25, 0.3) is 0 Å². The van der Waals surface area contributed by atoms with Crippen molar-refractivity contribution in [1.29, 1.82) is 0 Å². The number of rotatable bonds is 3. The van der Waals surface area contributed by atoms with Gasteiger partial charge in [0, 0.05) is 30.0 Å². The summed E-state index contributed by atoms with van der Waals surface area (Å²) < 4.78 is 0. The number of thiophene rings is 1. The average Bonchev–Trinajstić information content (AvgIpc) is 2.89. The normalized spacial score (nSPS) is 14.2. The maximum Gasteiger partial charge on any atom is 0.222 e. The highest BCUT2D eigenvalue weighted by atomic mass is 32.1. The van der Waals surface area contributed by atoms with Crippen molar-refractivity contribution in [1.82, 2.24) is 15.3 Å². The molecular weight excluding hydrogens is 246 g/mol. The summed E-state index contributed by atoms with van der Waals surface area (Å²) in [6.45, 7) is 2.54. The number of nitrogen functional groups attached to an aromatic ring is 1. The maximum absolute atomic E-state index is 5.75. The second kappa shape index (κ2) is 4.91. The first-order valence-electron chi connectivity index (χ1n) is 5.95. The Hall–Kier alpha value is -1.66. The summed E-state index contributed by atoms with van der Waals surface area (Å²) >= 11 is 1.73. The third kappa shape index (κ3) is 2.30. The molecule has 4 N–H and O–H groups in total. The fourth-order valence-corrected chi connectivity index (χ4v) is 2.74. The van der Waals surface area contributed by atoms with Gasteiger partial charge in [-0.05, 0) is 11.4 Å². The molecule has 0 aliphatic carbocycles. The molecule has 0 amide bonds. The predicted octanol–water partition coefficient (Wildman–Crippen LogP) is 1.38. The van der Waals surface area contributed by atoms with Gasteiger partial charge in [0.1, 0.15) is 5.82 Å². The lowest BCUT2D eigenvalue weighted by molar-refractivity contribution is 0.628. The van der Waals surface area contributed by atoms with Crippen LogP contribution in [0.25, 0.3) is 0 Å². The molecule has 0 aromatic carbocycles. The summed E-state index contributed by atoms with van der Waals surface area (Å²) in [5.41, 5.74) is 7.96. The van der Waals surface area contributed by atoms with Crippen LogP contribution in [0.3, 0.4) is 0 Å². The Kier molecular flexibility index (Phi) is 3.12. The summed E-state index contributed by atoms with van der Waals surface area (Å²) in [5, 5.41) is 8.76. The molecule has 94 valence electrons. The summed E-state index contributed by atoms with van der Waals surface area (Å²) in [4.78, 5) is 9.90. The van der Waals surface area contributed by atoms with Crippen molar-refractivity contribution in [3.05, 3.63) is 33.6 Å². The highest BCUT2D eigenvalue weighted by molar-refractivity contribution is 7.09. The van der Waals surface area contributed by atoms with E-state index in [1.807, 2.05) is 6.07 Å². The van der Waals surface area contributed by atoms with E-state index in [9.17, 15) is 0 Å². The largest absolute Gasteiger partial charge is 0.368 e. The van der Waals surface area contributed by atoms with Crippen LogP contribution in [0, 0.1) is 0 Å². The van der Waals surface area contributed by atoms with Crippen molar-refractivity contribution in [2.75, 3.05) is 17.6 Å². The SMILES string of the molecule is Nc1nc2c(c(NCc3cccs3)n1)CNCC2. The summed E-state index contributed by atoms with van der Waals surface area (Å²) in [7, 11) is 0. The van der Waals surface area contributed by atoms with Crippen LogP contribution in [-0.2, 0) is 19.5 Å². The minimum Gasteiger partial charge on any atom is -0.368 e. The van der Waals surface area contributed by atoms with Gasteiger partial charge in [0.15, 0.2) is 0 Å². The fraction of sp³-hybridized carbons (Fsp3) is 0.333. The summed E-state index contributed by atoms with van der Waals surface area (Å²) in [6.07, 6.45) is 0.912. The molecule has 3 heterocycles. The molecule has 3 rings (SSSR count). The molecular formula is C12H15N5S. The molecule has 0 saturated carbocycles. The molecule has 0 spiro atoms. The van der Waals surface area contributed by atoms with E-state index in [1.54, 1.807) is 11.3 Å². The Morgan fingerprint density at radius 3 is 3.22 bits per heavy atom. The Morgan fingerprint density at radius 2 is 2.39 bits per heavy atom. The van der Waals surface area contributed by atoms with E-state index in [0.29, 0.717) is 5.95 Å². The zero-order valence-corrected chi connectivity index (χ0v) is 10.8. The quantitative estimate of drug-likeness (QED) is 0.778. The predicted molar refractivity (Wildman–Crippen MR) is 73.5 cm³/mol. The first-order chi connectivity index (χ1) is 8.83. The van der Waals surface area contributed by atoms with Crippen LogP contribution in [-0.4, -0.2) is 16.5 Å². The van der Waals surface area contributed by atoms with Crippen LogP contribution in [0.4, 0.5) is 11.8 Å². The minimum atomic E-state index is 0.351.